The third-order valence-electron chi connectivity index (χ3n) is 8.24. The molecule has 0 saturated heterocycles. The number of hydrogen-bond donors (Lipinski definition) is 4. The van der Waals surface area contributed by atoms with Gasteiger partial charge < -0.3 is 25.8 Å². The van der Waals surface area contributed by atoms with Crippen LogP contribution in [0.2, 0.25) is 0 Å². The van der Waals surface area contributed by atoms with Crippen molar-refractivity contribution in [3.63, 3.8) is 0 Å². The van der Waals surface area contributed by atoms with Crippen LogP contribution in [0.5, 0.6) is 5.75 Å². The second-order valence-electron chi connectivity index (χ2n) is 10.2. The molecule has 0 radical (unpaired) electrons. The fourth-order valence-electron chi connectivity index (χ4n) is 6.26. The minimum atomic E-state index is -0.579. The number of aliphatic hydroxyl groups excluding tert-OH is 1. The number of carbonyl (C=O) groups is 2. The van der Waals surface area contributed by atoms with E-state index in [0.29, 0.717) is 13.1 Å². The number of para-hydroxylation sites is 1. The Labute approximate surface area is 198 Å². The van der Waals surface area contributed by atoms with Gasteiger partial charge in [0.15, 0.2) is 0 Å². The number of carbonyl (C=O) groups excluding carboxylic acids is 2. The normalized spacial score (nSPS) is 32.2. The molecule has 0 heterocycles. The molecule has 184 valence electrons. The Balaban J connectivity index is 1.67. The standard InChI is InChI=1S/C26H41N3O4/c1-6-27-25(32)29-20-12-14-26(4)13-11-19(23(30)22(26)17(20)3)16(2)24(31)28-15-18-9-7-8-10-21(18)33-5/h7-10,16-17,19-20,22-23,30H,6,11-15H2,1-5H3,(H,28,31)(H2,27,29,32). The molecule has 1 aromatic rings. The Hall–Kier alpha value is -2.28. The molecule has 0 spiro atoms. The van der Waals surface area contributed by atoms with Gasteiger partial charge in [0.1, 0.15) is 5.75 Å². The minimum absolute atomic E-state index is 0.0257. The molecular formula is C26H41N3O4. The molecule has 2 fully saturated rings. The highest BCUT2D eigenvalue weighted by molar-refractivity contribution is 5.78. The number of amides is 3. The summed E-state index contributed by atoms with van der Waals surface area (Å²) in [7, 11) is 1.62. The molecule has 3 rings (SSSR count). The predicted molar refractivity (Wildman–Crippen MR) is 129 cm³/mol. The Morgan fingerprint density at radius 1 is 1.21 bits per heavy atom. The molecule has 0 bridgehead atoms. The van der Waals surface area contributed by atoms with Crippen molar-refractivity contribution >= 4 is 11.9 Å². The van der Waals surface area contributed by atoms with Gasteiger partial charge in [-0.05, 0) is 61.8 Å². The van der Waals surface area contributed by atoms with E-state index < -0.39 is 6.10 Å². The summed E-state index contributed by atoms with van der Waals surface area (Å²) in [5.74, 6) is 0.471. The monoisotopic (exact) mass is 459 g/mol. The fourth-order valence-corrected chi connectivity index (χ4v) is 6.26. The number of ether oxygens (including phenoxy) is 1. The third kappa shape index (κ3) is 5.45. The molecule has 7 atom stereocenters. The van der Waals surface area contributed by atoms with Crippen molar-refractivity contribution in [3.8, 4) is 5.75 Å². The first-order valence-electron chi connectivity index (χ1n) is 12.3. The summed E-state index contributed by atoms with van der Waals surface area (Å²) in [6.45, 7) is 9.20. The average Bonchev–Trinajstić information content (AvgIpc) is 2.79. The second-order valence-corrected chi connectivity index (χ2v) is 10.2. The van der Waals surface area contributed by atoms with Gasteiger partial charge in [-0.15, -0.1) is 0 Å². The highest BCUT2D eigenvalue weighted by Crippen LogP contribution is 2.55. The lowest BCUT2D eigenvalue weighted by atomic mass is 9.52. The zero-order chi connectivity index (χ0) is 24.2. The van der Waals surface area contributed by atoms with Crippen LogP contribution in [-0.2, 0) is 11.3 Å². The van der Waals surface area contributed by atoms with Crippen molar-refractivity contribution in [2.75, 3.05) is 13.7 Å². The topological polar surface area (TPSA) is 99.7 Å². The Kier molecular flexibility index (Phi) is 8.27. The molecule has 1 aromatic carbocycles. The predicted octanol–water partition coefficient (Wildman–Crippen LogP) is 3.46. The van der Waals surface area contributed by atoms with Gasteiger partial charge in [-0.1, -0.05) is 39.0 Å². The van der Waals surface area contributed by atoms with Crippen LogP contribution in [0.1, 0.15) is 58.9 Å². The molecule has 4 N–H and O–H groups in total. The molecule has 0 aliphatic heterocycles. The minimum Gasteiger partial charge on any atom is -0.496 e. The summed E-state index contributed by atoms with van der Waals surface area (Å²) in [6.07, 6.45) is 3.12. The van der Waals surface area contributed by atoms with Crippen LogP contribution in [0.3, 0.4) is 0 Å². The molecule has 0 aromatic heterocycles. The summed E-state index contributed by atoms with van der Waals surface area (Å²) in [4.78, 5) is 25.2. The molecule has 2 aliphatic carbocycles. The van der Waals surface area contributed by atoms with Crippen LogP contribution < -0.4 is 20.7 Å². The van der Waals surface area contributed by atoms with E-state index >= 15 is 0 Å². The smallest absolute Gasteiger partial charge is 0.315 e. The average molecular weight is 460 g/mol. The number of hydrogen-bond acceptors (Lipinski definition) is 4. The van der Waals surface area contributed by atoms with Crippen LogP contribution in [-0.4, -0.2) is 42.8 Å². The number of nitrogens with one attached hydrogen (secondary N) is 3. The highest BCUT2D eigenvalue weighted by Gasteiger charge is 2.53. The summed E-state index contributed by atoms with van der Waals surface area (Å²) in [6, 6.07) is 7.53. The van der Waals surface area contributed by atoms with E-state index in [2.05, 4.69) is 29.8 Å². The van der Waals surface area contributed by atoms with E-state index in [1.165, 1.54) is 0 Å². The lowest BCUT2D eigenvalue weighted by molar-refractivity contribution is -0.142. The molecular weight excluding hydrogens is 418 g/mol. The summed E-state index contributed by atoms with van der Waals surface area (Å²) < 4.78 is 5.38. The van der Waals surface area contributed by atoms with Crippen LogP contribution in [0.25, 0.3) is 0 Å². The number of fused-ring (bicyclic) bond motifs is 1. The van der Waals surface area contributed by atoms with Gasteiger partial charge in [0.2, 0.25) is 5.91 Å². The Morgan fingerprint density at radius 2 is 1.91 bits per heavy atom. The van der Waals surface area contributed by atoms with Gasteiger partial charge in [0.05, 0.1) is 13.2 Å². The van der Waals surface area contributed by atoms with Crippen molar-refractivity contribution < 1.29 is 19.4 Å². The largest absolute Gasteiger partial charge is 0.496 e. The maximum Gasteiger partial charge on any atom is 0.315 e. The van der Waals surface area contributed by atoms with E-state index in [9.17, 15) is 14.7 Å². The fraction of sp³-hybridized carbons (Fsp3) is 0.692. The molecule has 33 heavy (non-hydrogen) atoms. The number of rotatable bonds is 7. The van der Waals surface area contributed by atoms with Gasteiger partial charge in [0.25, 0.3) is 0 Å². The first-order valence-corrected chi connectivity index (χ1v) is 12.3. The third-order valence-corrected chi connectivity index (χ3v) is 8.24. The lowest BCUT2D eigenvalue weighted by Crippen LogP contribution is -2.59. The molecule has 2 aliphatic rings. The summed E-state index contributed by atoms with van der Waals surface area (Å²) in [5.41, 5.74) is 0.958. The highest BCUT2D eigenvalue weighted by atomic mass is 16.5. The molecule has 7 heteroatoms. The zero-order valence-corrected chi connectivity index (χ0v) is 20.7. The van der Waals surface area contributed by atoms with Gasteiger partial charge >= 0.3 is 6.03 Å². The van der Waals surface area contributed by atoms with Crippen LogP contribution >= 0.6 is 0 Å². The molecule has 7 unspecified atom stereocenters. The zero-order valence-electron chi connectivity index (χ0n) is 20.7. The van der Waals surface area contributed by atoms with Crippen molar-refractivity contribution in [1.82, 2.24) is 16.0 Å². The van der Waals surface area contributed by atoms with E-state index in [1.54, 1.807) is 7.11 Å². The molecule has 7 nitrogen and oxygen atoms in total. The van der Waals surface area contributed by atoms with Gasteiger partial charge in [-0.25, -0.2) is 4.79 Å². The van der Waals surface area contributed by atoms with E-state index in [1.807, 2.05) is 38.1 Å². The molecule has 3 amide bonds. The summed E-state index contributed by atoms with van der Waals surface area (Å²) in [5, 5.41) is 20.5. The number of aliphatic hydroxyl groups is 1. The number of urea groups is 1. The Morgan fingerprint density at radius 3 is 2.61 bits per heavy atom. The first-order chi connectivity index (χ1) is 15.7. The van der Waals surface area contributed by atoms with Crippen molar-refractivity contribution in [3.05, 3.63) is 29.8 Å². The maximum atomic E-state index is 13.0. The van der Waals surface area contributed by atoms with E-state index in [4.69, 9.17) is 4.74 Å². The molecule has 2 saturated carbocycles. The van der Waals surface area contributed by atoms with Crippen molar-refractivity contribution in [1.29, 1.82) is 0 Å². The lowest BCUT2D eigenvalue weighted by Gasteiger charge is -2.56. The SMILES string of the molecule is CCNC(=O)NC1CCC2(C)CCC(C(C)C(=O)NCc3ccccc3OC)C(O)C2C1C. The first kappa shape index (κ1) is 25.3. The number of benzene rings is 1. The second kappa shape index (κ2) is 10.8. The van der Waals surface area contributed by atoms with E-state index in [0.717, 1.165) is 37.0 Å². The summed E-state index contributed by atoms with van der Waals surface area (Å²) >= 11 is 0. The number of methoxy groups -OCH3 is 1. The quantitative estimate of drug-likeness (QED) is 0.502. The van der Waals surface area contributed by atoms with Gasteiger partial charge in [-0.3, -0.25) is 4.79 Å². The maximum absolute atomic E-state index is 13.0. The Bertz CT molecular complexity index is 832. The van der Waals surface area contributed by atoms with Crippen LogP contribution in [0.4, 0.5) is 4.79 Å². The van der Waals surface area contributed by atoms with E-state index in [-0.39, 0.29) is 47.1 Å². The van der Waals surface area contributed by atoms with Gasteiger partial charge in [-0.2, -0.15) is 0 Å². The van der Waals surface area contributed by atoms with Crippen molar-refractivity contribution in [2.45, 2.75) is 72.1 Å². The van der Waals surface area contributed by atoms with Crippen LogP contribution in [0.15, 0.2) is 24.3 Å². The van der Waals surface area contributed by atoms with Gasteiger partial charge in [0, 0.05) is 30.6 Å². The van der Waals surface area contributed by atoms with Crippen LogP contribution in [0, 0.1) is 29.1 Å². The van der Waals surface area contributed by atoms with Crippen molar-refractivity contribution in [2.24, 2.45) is 29.1 Å².